The fourth-order valence-electron chi connectivity index (χ4n) is 3.12. The Bertz CT molecular complexity index is 362. The molecule has 2 rings (SSSR count). The molecule has 0 radical (unpaired) electrons. The first kappa shape index (κ1) is 13.6. The van der Waals surface area contributed by atoms with Gasteiger partial charge in [-0.15, -0.1) is 0 Å². The van der Waals surface area contributed by atoms with Gasteiger partial charge in [0.1, 0.15) is 0 Å². The van der Waals surface area contributed by atoms with Gasteiger partial charge in [0.15, 0.2) is 0 Å². The van der Waals surface area contributed by atoms with Gasteiger partial charge in [-0.3, -0.25) is 0 Å². The summed E-state index contributed by atoms with van der Waals surface area (Å²) in [5.74, 6) is 0.702. The van der Waals surface area contributed by atoms with Gasteiger partial charge in [-0.05, 0) is 49.3 Å². The van der Waals surface area contributed by atoms with Crippen LogP contribution in [0.25, 0.3) is 0 Å². The van der Waals surface area contributed by atoms with Gasteiger partial charge in [-0.1, -0.05) is 31.2 Å². The Hall–Kier alpha value is -0.860. The van der Waals surface area contributed by atoms with Crippen molar-refractivity contribution in [1.29, 1.82) is 0 Å². The van der Waals surface area contributed by atoms with Crippen LogP contribution in [0.4, 0.5) is 0 Å². The molecular formula is C16H25NO. The van der Waals surface area contributed by atoms with E-state index in [4.69, 9.17) is 4.74 Å². The molecule has 0 saturated heterocycles. The first-order chi connectivity index (χ1) is 8.86. The zero-order valence-electron chi connectivity index (χ0n) is 11.6. The highest BCUT2D eigenvalue weighted by atomic mass is 16.5. The molecule has 0 bridgehead atoms. The van der Waals surface area contributed by atoms with Gasteiger partial charge >= 0.3 is 0 Å². The SMILES string of the molecule is CCNC1c2ccccc2CCCC1CCOC. The van der Waals surface area contributed by atoms with E-state index in [1.807, 2.05) is 0 Å². The standard InChI is InChI=1S/C16H25NO/c1-3-17-16-14(11-12-18-2)9-6-8-13-7-4-5-10-15(13)16/h4-5,7,10,14,16-17H,3,6,8-9,11-12H2,1-2H3. The summed E-state index contributed by atoms with van der Waals surface area (Å²) >= 11 is 0. The molecule has 0 heterocycles. The van der Waals surface area contributed by atoms with E-state index in [0.29, 0.717) is 12.0 Å². The van der Waals surface area contributed by atoms with Crippen molar-refractivity contribution >= 4 is 0 Å². The Morgan fingerprint density at radius 1 is 1.33 bits per heavy atom. The summed E-state index contributed by atoms with van der Waals surface area (Å²) in [7, 11) is 1.80. The summed E-state index contributed by atoms with van der Waals surface area (Å²) in [6.45, 7) is 4.10. The third-order valence-corrected chi connectivity index (χ3v) is 4.00. The fraction of sp³-hybridized carbons (Fsp3) is 0.625. The van der Waals surface area contributed by atoms with Crippen molar-refractivity contribution in [3.8, 4) is 0 Å². The topological polar surface area (TPSA) is 21.3 Å². The van der Waals surface area contributed by atoms with E-state index < -0.39 is 0 Å². The number of rotatable bonds is 5. The van der Waals surface area contributed by atoms with Crippen LogP contribution in [-0.4, -0.2) is 20.3 Å². The number of hydrogen-bond acceptors (Lipinski definition) is 2. The Kier molecular flexibility index (Phi) is 5.21. The van der Waals surface area contributed by atoms with Crippen LogP contribution in [0.5, 0.6) is 0 Å². The van der Waals surface area contributed by atoms with Gasteiger partial charge in [0.25, 0.3) is 0 Å². The molecular weight excluding hydrogens is 222 g/mol. The Balaban J connectivity index is 2.22. The van der Waals surface area contributed by atoms with Gasteiger partial charge in [0.05, 0.1) is 0 Å². The van der Waals surface area contributed by atoms with E-state index >= 15 is 0 Å². The van der Waals surface area contributed by atoms with Crippen LogP contribution in [0.15, 0.2) is 24.3 Å². The molecule has 1 N–H and O–H groups in total. The molecule has 1 aromatic carbocycles. The summed E-state index contributed by atoms with van der Waals surface area (Å²) in [4.78, 5) is 0. The molecule has 2 heteroatoms. The maximum Gasteiger partial charge on any atom is 0.0465 e. The van der Waals surface area contributed by atoms with Crippen molar-refractivity contribution in [3.63, 3.8) is 0 Å². The van der Waals surface area contributed by atoms with Crippen molar-refractivity contribution in [2.24, 2.45) is 5.92 Å². The number of fused-ring (bicyclic) bond motifs is 1. The van der Waals surface area contributed by atoms with Crippen LogP contribution in [-0.2, 0) is 11.2 Å². The van der Waals surface area contributed by atoms with Gasteiger partial charge < -0.3 is 10.1 Å². The normalized spacial score (nSPS) is 23.4. The second kappa shape index (κ2) is 6.91. The van der Waals surface area contributed by atoms with E-state index in [0.717, 1.165) is 19.6 Å². The third kappa shape index (κ3) is 3.12. The van der Waals surface area contributed by atoms with E-state index in [2.05, 4.69) is 36.5 Å². The minimum Gasteiger partial charge on any atom is -0.385 e. The molecule has 0 aliphatic heterocycles. The van der Waals surface area contributed by atoms with Crippen molar-refractivity contribution in [3.05, 3.63) is 35.4 Å². The number of methoxy groups -OCH3 is 1. The lowest BCUT2D eigenvalue weighted by Crippen LogP contribution is -2.28. The van der Waals surface area contributed by atoms with Crippen LogP contribution in [0, 0.1) is 5.92 Å². The monoisotopic (exact) mass is 247 g/mol. The average molecular weight is 247 g/mol. The Morgan fingerprint density at radius 3 is 2.94 bits per heavy atom. The lowest BCUT2D eigenvalue weighted by atomic mass is 9.88. The molecule has 2 atom stereocenters. The molecule has 0 saturated carbocycles. The molecule has 18 heavy (non-hydrogen) atoms. The van der Waals surface area contributed by atoms with Crippen molar-refractivity contribution in [2.45, 2.75) is 38.6 Å². The fourth-order valence-corrected chi connectivity index (χ4v) is 3.12. The molecule has 0 aromatic heterocycles. The smallest absolute Gasteiger partial charge is 0.0465 e. The summed E-state index contributed by atoms with van der Waals surface area (Å²) in [6.07, 6.45) is 4.98. The Morgan fingerprint density at radius 2 is 2.17 bits per heavy atom. The van der Waals surface area contributed by atoms with Gasteiger partial charge in [0, 0.05) is 19.8 Å². The van der Waals surface area contributed by atoms with Crippen molar-refractivity contribution in [2.75, 3.05) is 20.3 Å². The lowest BCUT2D eigenvalue weighted by molar-refractivity contribution is 0.163. The van der Waals surface area contributed by atoms with Crippen molar-refractivity contribution < 1.29 is 4.74 Å². The molecule has 2 unspecified atom stereocenters. The zero-order chi connectivity index (χ0) is 12.8. The lowest BCUT2D eigenvalue weighted by Gasteiger charge is -2.27. The quantitative estimate of drug-likeness (QED) is 0.806. The predicted molar refractivity (Wildman–Crippen MR) is 75.8 cm³/mol. The summed E-state index contributed by atoms with van der Waals surface area (Å²) in [5.41, 5.74) is 3.04. The van der Waals surface area contributed by atoms with E-state index in [9.17, 15) is 0 Å². The van der Waals surface area contributed by atoms with Gasteiger partial charge in [-0.25, -0.2) is 0 Å². The van der Waals surface area contributed by atoms with E-state index in [-0.39, 0.29) is 0 Å². The molecule has 1 aromatic rings. The number of hydrogen-bond donors (Lipinski definition) is 1. The largest absolute Gasteiger partial charge is 0.385 e. The highest BCUT2D eigenvalue weighted by molar-refractivity contribution is 5.31. The first-order valence-corrected chi connectivity index (χ1v) is 7.17. The molecule has 1 aliphatic carbocycles. The first-order valence-electron chi connectivity index (χ1n) is 7.17. The maximum absolute atomic E-state index is 5.27. The van der Waals surface area contributed by atoms with Crippen LogP contribution in [0.3, 0.4) is 0 Å². The van der Waals surface area contributed by atoms with Gasteiger partial charge in [0.2, 0.25) is 0 Å². The highest BCUT2D eigenvalue weighted by Gasteiger charge is 2.26. The third-order valence-electron chi connectivity index (χ3n) is 4.00. The summed E-state index contributed by atoms with van der Waals surface area (Å²) < 4.78 is 5.27. The molecule has 0 amide bonds. The maximum atomic E-state index is 5.27. The van der Waals surface area contributed by atoms with Crippen LogP contribution < -0.4 is 5.32 Å². The molecule has 0 fully saturated rings. The molecule has 2 nitrogen and oxygen atoms in total. The Labute approximate surface area is 111 Å². The van der Waals surface area contributed by atoms with Gasteiger partial charge in [-0.2, -0.15) is 0 Å². The van der Waals surface area contributed by atoms with Crippen molar-refractivity contribution in [1.82, 2.24) is 5.32 Å². The molecule has 0 spiro atoms. The van der Waals surface area contributed by atoms with Crippen LogP contribution >= 0.6 is 0 Å². The number of ether oxygens (including phenoxy) is 1. The number of aryl methyl sites for hydroxylation is 1. The second-order valence-corrected chi connectivity index (χ2v) is 5.17. The molecule has 100 valence electrons. The predicted octanol–water partition coefficient (Wildman–Crippen LogP) is 3.33. The number of benzene rings is 1. The zero-order valence-corrected chi connectivity index (χ0v) is 11.6. The molecule has 1 aliphatic rings. The second-order valence-electron chi connectivity index (χ2n) is 5.17. The average Bonchev–Trinajstić information content (AvgIpc) is 2.57. The van der Waals surface area contributed by atoms with E-state index in [1.165, 1.54) is 30.4 Å². The highest BCUT2D eigenvalue weighted by Crippen LogP contribution is 2.34. The summed E-state index contributed by atoms with van der Waals surface area (Å²) in [5, 5.41) is 3.68. The number of nitrogens with one attached hydrogen (secondary N) is 1. The summed E-state index contributed by atoms with van der Waals surface area (Å²) in [6, 6.07) is 9.43. The van der Waals surface area contributed by atoms with Crippen LogP contribution in [0.2, 0.25) is 0 Å². The minimum absolute atomic E-state index is 0.504. The minimum atomic E-state index is 0.504. The van der Waals surface area contributed by atoms with Crippen LogP contribution in [0.1, 0.15) is 43.4 Å². The van der Waals surface area contributed by atoms with E-state index in [1.54, 1.807) is 7.11 Å².